The van der Waals surface area contributed by atoms with Crippen molar-refractivity contribution in [3.05, 3.63) is 5.82 Å². The van der Waals surface area contributed by atoms with Gasteiger partial charge in [-0.05, 0) is 64.4 Å². The van der Waals surface area contributed by atoms with Gasteiger partial charge in [0.15, 0.2) is 5.82 Å². The first kappa shape index (κ1) is 14.4. The molecule has 0 amide bonds. The van der Waals surface area contributed by atoms with Crippen LogP contribution in [0.25, 0.3) is 0 Å². The summed E-state index contributed by atoms with van der Waals surface area (Å²) < 4.78 is 0. The molecule has 1 aromatic heterocycles. The molecule has 1 aliphatic heterocycles. The molecule has 0 unspecified atom stereocenters. The summed E-state index contributed by atoms with van der Waals surface area (Å²) in [5.41, 5.74) is 0.223. The van der Waals surface area contributed by atoms with E-state index >= 15 is 0 Å². The first-order valence-corrected chi connectivity index (χ1v) is 7.12. The van der Waals surface area contributed by atoms with E-state index in [1.165, 1.54) is 17.6 Å². The molecule has 1 aliphatic rings. The first-order valence-electron chi connectivity index (χ1n) is 7.12. The van der Waals surface area contributed by atoms with Gasteiger partial charge in [0.25, 0.3) is 0 Å². The van der Waals surface area contributed by atoms with Crippen molar-refractivity contribution in [2.75, 3.05) is 19.6 Å². The van der Waals surface area contributed by atoms with Gasteiger partial charge in [-0.25, -0.2) is 0 Å². The van der Waals surface area contributed by atoms with Gasteiger partial charge in [0.1, 0.15) is 0 Å². The van der Waals surface area contributed by atoms with Crippen molar-refractivity contribution in [3.8, 4) is 0 Å². The zero-order valence-corrected chi connectivity index (χ0v) is 12.6. The fraction of sp³-hybridized carbons (Fsp3) is 0.923. The number of nitrogens with one attached hydrogen (secondary N) is 1. The molecule has 6 nitrogen and oxygen atoms in total. The normalized spacial score (nSPS) is 18.9. The van der Waals surface area contributed by atoms with E-state index in [1.54, 1.807) is 7.05 Å². The van der Waals surface area contributed by atoms with Gasteiger partial charge < -0.3 is 5.32 Å². The van der Waals surface area contributed by atoms with Crippen LogP contribution in [0.4, 0.5) is 0 Å². The smallest absolute Gasteiger partial charge is 0.188 e. The summed E-state index contributed by atoms with van der Waals surface area (Å²) in [4.78, 5) is 3.94. The van der Waals surface area contributed by atoms with E-state index in [0.29, 0.717) is 0 Å². The summed E-state index contributed by atoms with van der Waals surface area (Å²) in [6, 6.07) is 0. The topological polar surface area (TPSA) is 58.9 Å². The molecule has 6 heteroatoms. The number of aromatic nitrogens is 4. The Kier molecular flexibility index (Phi) is 4.52. The maximum Gasteiger partial charge on any atom is 0.188 e. The van der Waals surface area contributed by atoms with E-state index in [-0.39, 0.29) is 5.54 Å². The summed E-state index contributed by atoms with van der Waals surface area (Å²) in [5, 5.41) is 15.8. The van der Waals surface area contributed by atoms with Crippen molar-refractivity contribution in [2.45, 2.75) is 45.7 Å². The largest absolute Gasteiger partial charge is 0.312 e. The second-order valence-corrected chi connectivity index (χ2v) is 6.55. The predicted octanol–water partition coefficient (Wildman–Crippen LogP) is 0.810. The molecular formula is C13H26N6. The fourth-order valence-electron chi connectivity index (χ4n) is 2.39. The third-order valence-electron chi connectivity index (χ3n) is 3.54. The van der Waals surface area contributed by atoms with Gasteiger partial charge in [0, 0.05) is 5.54 Å². The van der Waals surface area contributed by atoms with E-state index in [4.69, 9.17) is 0 Å². The van der Waals surface area contributed by atoms with Crippen molar-refractivity contribution in [1.82, 2.24) is 30.4 Å². The van der Waals surface area contributed by atoms with Gasteiger partial charge in [0.2, 0.25) is 0 Å². The van der Waals surface area contributed by atoms with Crippen LogP contribution in [0.2, 0.25) is 0 Å². The molecule has 1 saturated heterocycles. The standard InChI is InChI=1S/C13H26N6/c1-13(2,3)14-9-11-5-7-19(8-6-11)10-12-15-17-18(4)16-12/h11,14H,5-10H2,1-4H3. The van der Waals surface area contributed by atoms with E-state index in [9.17, 15) is 0 Å². The van der Waals surface area contributed by atoms with Gasteiger partial charge in [-0.3, -0.25) is 4.90 Å². The summed E-state index contributed by atoms with van der Waals surface area (Å²) in [7, 11) is 1.81. The van der Waals surface area contributed by atoms with Crippen LogP contribution in [0.1, 0.15) is 39.4 Å². The Bertz CT molecular complexity index is 386. The lowest BCUT2D eigenvalue weighted by atomic mass is 9.95. The van der Waals surface area contributed by atoms with Crippen LogP contribution in [0.5, 0.6) is 0 Å². The van der Waals surface area contributed by atoms with Crippen LogP contribution in [0.3, 0.4) is 0 Å². The Morgan fingerprint density at radius 2 is 1.95 bits per heavy atom. The minimum atomic E-state index is 0.223. The quantitative estimate of drug-likeness (QED) is 0.874. The molecule has 0 saturated carbocycles. The minimum Gasteiger partial charge on any atom is -0.312 e. The highest BCUT2D eigenvalue weighted by Crippen LogP contribution is 2.18. The number of rotatable bonds is 4. The van der Waals surface area contributed by atoms with E-state index < -0.39 is 0 Å². The van der Waals surface area contributed by atoms with Gasteiger partial charge >= 0.3 is 0 Å². The Labute approximate surface area is 115 Å². The van der Waals surface area contributed by atoms with Crippen molar-refractivity contribution >= 4 is 0 Å². The Hall–Kier alpha value is -1.01. The zero-order chi connectivity index (χ0) is 13.9. The Balaban J connectivity index is 1.70. The number of piperidine rings is 1. The molecule has 0 aromatic carbocycles. The molecule has 108 valence electrons. The number of aryl methyl sites for hydroxylation is 1. The molecule has 0 bridgehead atoms. The van der Waals surface area contributed by atoms with Gasteiger partial charge in [-0.15, -0.1) is 10.2 Å². The highest BCUT2D eigenvalue weighted by Gasteiger charge is 2.21. The number of tetrazole rings is 1. The van der Waals surface area contributed by atoms with Crippen LogP contribution in [0, 0.1) is 5.92 Å². The summed E-state index contributed by atoms with van der Waals surface area (Å²) in [6.45, 7) is 10.9. The number of likely N-dealkylation sites (tertiary alicyclic amines) is 1. The van der Waals surface area contributed by atoms with Crippen molar-refractivity contribution in [1.29, 1.82) is 0 Å². The van der Waals surface area contributed by atoms with Crippen LogP contribution < -0.4 is 5.32 Å². The third kappa shape index (κ3) is 4.87. The Morgan fingerprint density at radius 1 is 1.26 bits per heavy atom. The van der Waals surface area contributed by atoms with E-state index in [0.717, 1.165) is 37.9 Å². The average molecular weight is 266 g/mol. The summed E-state index contributed by atoms with van der Waals surface area (Å²) in [6.07, 6.45) is 2.51. The Morgan fingerprint density at radius 3 is 2.47 bits per heavy atom. The molecule has 0 radical (unpaired) electrons. The number of nitrogens with zero attached hydrogens (tertiary/aromatic N) is 5. The summed E-state index contributed by atoms with van der Waals surface area (Å²) >= 11 is 0. The van der Waals surface area contributed by atoms with Crippen molar-refractivity contribution < 1.29 is 0 Å². The van der Waals surface area contributed by atoms with Crippen molar-refractivity contribution in [2.24, 2.45) is 13.0 Å². The fourth-order valence-corrected chi connectivity index (χ4v) is 2.39. The molecule has 1 aromatic rings. The van der Waals surface area contributed by atoms with E-state index in [1.807, 2.05) is 0 Å². The van der Waals surface area contributed by atoms with Crippen LogP contribution in [-0.2, 0) is 13.6 Å². The molecule has 0 spiro atoms. The van der Waals surface area contributed by atoms with Crippen LogP contribution >= 0.6 is 0 Å². The molecule has 19 heavy (non-hydrogen) atoms. The highest BCUT2D eigenvalue weighted by molar-refractivity contribution is 4.82. The molecule has 0 atom stereocenters. The monoisotopic (exact) mass is 266 g/mol. The molecule has 2 rings (SSSR count). The van der Waals surface area contributed by atoms with Crippen molar-refractivity contribution in [3.63, 3.8) is 0 Å². The van der Waals surface area contributed by atoms with Gasteiger partial charge in [-0.2, -0.15) is 4.80 Å². The lowest BCUT2D eigenvalue weighted by molar-refractivity contribution is 0.167. The second kappa shape index (κ2) is 5.96. The average Bonchev–Trinajstić information content (AvgIpc) is 2.73. The van der Waals surface area contributed by atoms with Crippen LogP contribution in [0.15, 0.2) is 0 Å². The maximum absolute atomic E-state index is 4.23. The minimum absolute atomic E-state index is 0.223. The lowest BCUT2D eigenvalue weighted by Crippen LogP contribution is -2.42. The maximum atomic E-state index is 4.23. The number of hydrogen-bond acceptors (Lipinski definition) is 5. The van der Waals surface area contributed by atoms with Gasteiger partial charge in [0.05, 0.1) is 13.6 Å². The molecule has 1 N–H and O–H groups in total. The molecule has 0 aliphatic carbocycles. The number of hydrogen-bond donors (Lipinski definition) is 1. The van der Waals surface area contributed by atoms with Crippen LogP contribution in [-0.4, -0.2) is 50.3 Å². The third-order valence-corrected chi connectivity index (χ3v) is 3.54. The molecule has 2 heterocycles. The SMILES string of the molecule is Cn1nnc(CN2CCC(CNC(C)(C)C)CC2)n1. The van der Waals surface area contributed by atoms with E-state index in [2.05, 4.69) is 46.4 Å². The second-order valence-electron chi connectivity index (χ2n) is 6.55. The lowest BCUT2D eigenvalue weighted by Gasteiger charge is -2.33. The molecular weight excluding hydrogens is 240 g/mol. The highest BCUT2D eigenvalue weighted by atomic mass is 15.6. The van der Waals surface area contributed by atoms with Gasteiger partial charge in [-0.1, -0.05) is 0 Å². The predicted molar refractivity (Wildman–Crippen MR) is 74.6 cm³/mol. The molecule has 1 fully saturated rings. The first-order chi connectivity index (χ1) is 8.92. The zero-order valence-electron chi connectivity index (χ0n) is 12.6. The summed E-state index contributed by atoms with van der Waals surface area (Å²) in [5.74, 6) is 1.62.